The van der Waals surface area contributed by atoms with Crippen LogP contribution in [0.25, 0.3) is 0 Å². The Labute approximate surface area is 135 Å². The molecule has 0 aromatic carbocycles. The van der Waals surface area contributed by atoms with E-state index in [4.69, 9.17) is 19.5 Å². The van der Waals surface area contributed by atoms with Crippen LogP contribution in [-0.2, 0) is 24.4 Å². The van der Waals surface area contributed by atoms with E-state index in [0.29, 0.717) is 12.5 Å². The highest BCUT2D eigenvalue weighted by atomic mass is 32.2. The molecule has 23 heavy (non-hydrogen) atoms. The summed E-state index contributed by atoms with van der Waals surface area (Å²) < 4.78 is 39.1. The van der Waals surface area contributed by atoms with Crippen LogP contribution >= 0.6 is 0 Å². The summed E-state index contributed by atoms with van der Waals surface area (Å²) in [5.74, 6) is 0.309. The van der Waals surface area contributed by atoms with E-state index in [1.165, 1.54) is 38.5 Å². The molecule has 9 heteroatoms. The van der Waals surface area contributed by atoms with Crippen molar-refractivity contribution in [3.05, 3.63) is 0 Å². The van der Waals surface area contributed by atoms with Gasteiger partial charge in [-0.15, -0.1) is 0 Å². The summed E-state index contributed by atoms with van der Waals surface area (Å²) in [7, 11) is -5.39. The minimum absolute atomic E-state index is 0.340. The molecule has 2 atom stereocenters. The van der Waals surface area contributed by atoms with E-state index in [1.807, 2.05) is 0 Å². The summed E-state index contributed by atoms with van der Waals surface area (Å²) in [6, 6.07) is 0. The third kappa shape index (κ3) is 4.87. The molecule has 8 nitrogen and oxygen atoms in total. The molecule has 2 bridgehead atoms. The minimum Gasteiger partial charge on any atom is -0.434 e. The Hall–Kier alpha value is -0.740. The largest absolute Gasteiger partial charge is 0.434 e. The second-order valence-electron chi connectivity index (χ2n) is 6.57. The molecule has 0 amide bonds. The van der Waals surface area contributed by atoms with E-state index in [2.05, 4.69) is 4.74 Å². The molecule has 0 aliphatic heterocycles. The van der Waals surface area contributed by atoms with Gasteiger partial charge in [-0.25, -0.2) is 4.79 Å². The second-order valence-corrected chi connectivity index (χ2v) is 8.09. The minimum atomic E-state index is -5.39. The Balaban J connectivity index is 1.63. The zero-order chi connectivity index (χ0) is 17.1. The average Bonchev–Trinajstić information content (AvgIpc) is 2.45. The SMILES string of the molecule is O=C(OCOCCC1CC2CCCC(C2)C1)C(O)(O)S(=O)(=O)O. The van der Waals surface area contributed by atoms with Crippen LogP contribution in [-0.4, -0.2) is 47.7 Å². The van der Waals surface area contributed by atoms with Crippen LogP contribution in [0.15, 0.2) is 0 Å². The van der Waals surface area contributed by atoms with Crippen molar-refractivity contribution >= 4 is 16.1 Å². The predicted octanol–water partition coefficient (Wildman–Crippen LogP) is 0.636. The molecule has 3 N–H and O–H groups in total. The molecule has 2 fully saturated rings. The van der Waals surface area contributed by atoms with Gasteiger partial charge < -0.3 is 19.7 Å². The number of ether oxygens (including phenoxy) is 2. The van der Waals surface area contributed by atoms with E-state index < -0.39 is 28.0 Å². The summed E-state index contributed by atoms with van der Waals surface area (Å²) in [5, 5.41) is 13.9. The van der Waals surface area contributed by atoms with Crippen LogP contribution in [0.2, 0.25) is 0 Å². The Morgan fingerprint density at radius 3 is 2.30 bits per heavy atom. The smallest absolute Gasteiger partial charge is 0.396 e. The fraction of sp³-hybridized carbons (Fsp3) is 0.929. The van der Waals surface area contributed by atoms with Crippen LogP contribution in [0.1, 0.15) is 44.9 Å². The van der Waals surface area contributed by atoms with Crippen molar-refractivity contribution in [3.63, 3.8) is 0 Å². The zero-order valence-electron chi connectivity index (χ0n) is 12.9. The fourth-order valence-corrected chi connectivity index (χ4v) is 3.98. The van der Waals surface area contributed by atoms with E-state index in [0.717, 1.165) is 18.3 Å². The Kier molecular flexibility index (Phi) is 6.01. The van der Waals surface area contributed by atoms with Crippen molar-refractivity contribution in [1.29, 1.82) is 0 Å². The van der Waals surface area contributed by atoms with Gasteiger partial charge >= 0.3 is 21.2 Å². The van der Waals surface area contributed by atoms with Crippen molar-refractivity contribution in [3.8, 4) is 0 Å². The maximum Gasteiger partial charge on any atom is 0.396 e. The molecule has 2 aliphatic rings. The first-order valence-electron chi connectivity index (χ1n) is 7.87. The van der Waals surface area contributed by atoms with Crippen molar-refractivity contribution in [2.75, 3.05) is 13.4 Å². The summed E-state index contributed by atoms with van der Waals surface area (Å²) in [4.78, 5) is 11.2. The lowest BCUT2D eigenvalue weighted by atomic mass is 9.67. The van der Waals surface area contributed by atoms with Gasteiger partial charge in [0.15, 0.2) is 6.79 Å². The van der Waals surface area contributed by atoms with Crippen LogP contribution in [0, 0.1) is 17.8 Å². The summed E-state index contributed by atoms with van der Waals surface area (Å²) >= 11 is 0. The number of esters is 1. The quantitative estimate of drug-likeness (QED) is 0.263. The van der Waals surface area contributed by atoms with Crippen LogP contribution in [0.3, 0.4) is 0 Å². The Morgan fingerprint density at radius 2 is 1.74 bits per heavy atom. The summed E-state index contributed by atoms with van der Waals surface area (Å²) in [6.07, 6.45) is 8.47. The lowest BCUT2D eigenvalue weighted by Crippen LogP contribution is -2.47. The standard InChI is InChI=1S/C14H24O8S/c15-13(14(16,17)23(18,19)20)22-9-21-5-4-12-7-10-2-1-3-11(6-10)8-12/h10-12,16-17H,1-9H2,(H,18,19,20). The van der Waals surface area contributed by atoms with Crippen molar-refractivity contribution < 1.29 is 37.5 Å². The molecule has 2 unspecified atom stereocenters. The Bertz CT molecular complexity index is 503. The Morgan fingerprint density at radius 1 is 1.13 bits per heavy atom. The van der Waals surface area contributed by atoms with Gasteiger partial charge in [0.1, 0.15) is 0 Å². The lowest BCUT2D eigenvalue weighted by Gasteiger charge is -2.39. The van der Waals surface area contributed by atoms with Gasteiger partial charge in [0.25, 0.3) is 0 Å². The summed E-state index contributed by atoms with van der Waals surface area (Å²) in [6.45, 7) is -0.260. The highest BCUT2D eigenvalue weighted by Crippen LogP contribution is 2.43. The highest BCUT2D eigenvalue weighted by Gasteiger charge is 2.49. The van der Waals surface area contributed by atoms with Gasteiger partial charge in [0.2, 0.25) is 0 Å². The molecular formula is C14H24O8S. The molecule has 0 saturated heterocycles. The molecule has 0 aromatic heterocycles. The van der Waals surface area contributed by atoms with Crippen LogP contribution in [0.4, 0.5) is 0 Å². The van der Waals surface area contributed by atoms with E-state index in [-0.39, 0.29) is 0 Å². The van der Waals surface area contributed by atoms with Crippen LogP contribution in [0.5, 0.6) is 0 Å². The third-order valence-electron chi connectivity index (χ3n) is 4.79. The average molecular weight is 352 g/mol. The number of carbonyl (C=O) groups excluding carboxylic acids is 1. The number of carbonyl (C=O) groups is 1. The maximum atomic E-state index is 11.2. The van der Waals surface area contributed by atoms with Gasteiger partial charge in [0.05, 0.1) is 6.61 Å². The van der Waals surface area contributed by atoms with Gasteiger partial charge in [-0.3, -0.25) is 4.55 Å². The first-order chi connectivity index (χ1) is 10.7. The molecular weight excluding hydrogens is 328 g/mol. The molecule has 0 aromatic rings. The van der Waals surface area contributed by atoms with Crippen LogP contribution < -0.4 is 0 Å². The monoisotopic (exact) mass is 352 g/mol. The van der Waals surface area contributed by atoms with E-state index >= 15 is 0 Å². The molecule has 134 valence electrons. The van der Waals surface area contributed by atoms with Crippen molar-refractivity contribution in [1.82, 2.24) is 0 Å². The van der Waals surface area contributed by atoms with Crippen molar-refractivity contribution in [2.45, 2.75) is 50.1 Å². The number of rotatable bonds is 7. The number of hydrogen-bond acceptors (Lipinski definition) is 7. The molecule has 2 rings (SSSR count). The first-order valence-corrected chi connectivity index (χ1v) is 9.31. The van der Waals surface area contributed by atoms with Crippen molar-refractivity contribution in [2.24, 2.45) is 17.8 Å². The van der Waals surface area contributed by atoms with E-state index in [9.17, 15) is 13.2 Å². The highest BCUT2D eigenvalue weighted by molar-refractivity contribution is 7.87. The molecule has 0 radical (unpaired) electrons. The summed E-state index contributed by atoms with van der Waals surface area (Å²) in [5.41, 5.74) is 0. The second kappa shape index (κ2) is 7.43. The lowest BCUT2D eigenvalue weighted by molar-refractivity contribution is -0.195. The first kappa shape index (κ1) is 18.6. The maximum absolute atomic E-state index is 11.2. The predicted molar refractivity (Wildman–Crippen MR) is 78.4 cm³/mol. The topological polar surface area (TPSA) is 130 Å². The number of aliphatic hydroxyl groups is 2. The number of fused-ring (bicyclic) bond motifs is 2. The van der Waals surface area contributed by atoms with Gasteiger partial charge in [-0.1, -0.05) is 19.3 Å². The third-order valence-corrected chi connectivity index (χ3v) is 5.68. The molecule has 2 saturated carbocycles. The normalized spacial score (nSPS) is 28.4. The van der Waals surface area contributed by atoms with Gasteiger partial charge in [-0.2, -0.15) is 8.42 Å². The molecule has 2 aliphatic carbocycles. The molecule has 0 heterocycles. The van der Waals surface area contributed by atoms with Gasteiger partial charge in [0, 0.05) is 0 Å². The zero-order valence-corrected chi connectivity index (χ0v) is 13.7. The number of hydrogen-bond donors (Lipinski definition) is 3. The van der Waals surface area contributed by atoms with E-state index in [1.54, 1.807) is 0 Å². The fourth-order valence-electron chi connectivity index (χ4n) is 3.71. The van der Waals surface area contributed by atoms with Gasteiger partial charge in [-0.05, 0) is 43.4 Å². The molecule has 0 spiro atoms.